The number of nitro groups is 1. The number of nitrogens with zero attached hydrogens (tertiary/aromatic N) is 2. The number of thiazole rings is 1. The van der Waals surface area contributed by atoms with Crippen molar-refractivity contribution in [3.05, 3.63) is 50.0 Å². The largest absolute Gasteiger partial charge is 0.298 e. The molecule has 0 fully saturated rings. The lowest BCUT2D eigenvalue weighted by Gasteiger charge is -2.03. The predicted molar refractivity (Wildman–Crippen MR) is 82.6 cm³/mol. The molecule has 0 spiro atoms. The molecule has 0 unspecified atom stereocenters. The third kappa shape index (κ3) is 3.17. The number of Topliss-reactive ketones (excluding diaryl/α,β-unsaturated/α-hetero) is 1. The summed E-state index contributed by atoms with van der Waals surface area (Å²) in [5.74, 6) is -0.538. The number of aromatic nitrogens is 1. The molecule has 114 valence electrons. The molecular weight excluding hydrogens is 306 g/mol. The molecule has 2 aromatic rings. The maximum absolute atomic E-state index is 12.1. The summed E-state index contributed by atoms with van der Waals surface area (Å²) in [5.41, 5.74) is 1.21. The van der Waals surface area contributed by atoms with E-state index < -0.39 is 10.8 Å². The van der Waals surface area contributed by atoms with Crippen LogP contribution in [0.5, 0.6) is 0 Å². The van der Waals surface area contributed by atoms with Gasteiger partial charge in [-0.3, -0.25) is 25.0 Å². The van der Waals surface area contributed by atoms with Crippen LogP contribution in [0.25, 0.3) is 0 Å². The van der Waals surface area contributed by atoms with Crippen molar-refractivity contribution in [3.8, 4) is 0 Å². The Kier molecular flexibility index (Phi) is 4.32. The van der Waals surface area contributed by atoms with E-state index in [0.717, 1.165) is 11.3 Å². The van der Waals surface area contributed by atoms with Crippen LogP contribution in [0.1, 0.15) is 38.2 Å². The topological polar surface area (TPSA) is 102 Å². The van der Waals surface area contributed by atoms with Crippen molar-refractivity contribution in [2.24, 2.45) is 0 Å². The van der Waals surface area contributed by atoms with E-state index >= 15 is 0 Å². The van der Waals surface area contributed by atoms with Crippen molar-refractivity contribution in [2.45, 2.75) is 20.8 Å². The maximum Gasteiger partial charge on any atom is 0.272 e. The average molecular weight is 319 g/mol. The maximum atomic E-state index is 12.1. The molecule has 0 aliphatic rings. The van der Waals surface area contributed by atoms with Crippen LogP contribution < -0.4 is 5.32 Å². The summed E-state index contributed by atoms with van der Waals surface area (Å²) in [6.07, 6.45) is 0. The van der Waals surface area contributed by atoms with Gasteiger partial charge in [-0.15, -0.1) is 0 Å². The molecule has 1 heterocycles. The summed E-state index contributed by atoms with van der Waals surface area (Å²) in [4.78, 5) is 38.4. The molecule has 0 bridgehead atoms. The van der Waals surface area contributed by atoms with E-state index in [1.54, 1.807) is 13.8 Å². The first kappa shape index (κ1) is 15.8. The lowest BCUT2D eigenvalue weighted by atomic mass is 10.1. The van der Waals surface area contributed by atoms with Crippen molar-refractivity contribution < 1.29 is 14.5 Å². The van der Waals surface area contributed by atoms with Gasteiger partial charge in [0.1, 0.15) is 0 Å². The Morgan fingerprint density at radius 2 is 2.00 bits per heavy atom. The van der Waals surface area contributed by atoms with E-state index in [-0.39, 0.29) is 11.5 Å². The van der Waals surface area contributed by atoms with Gasteiger partial charge in [-0.2, -0.15) is 0 Å². The molecule has 1 amide bonds. The van der Waals surface area contributed by atoms with Gasteiger partial charge in [0.25, 0.3) is 11.6 Å². The van der Waals surface area contributed by atoms with Crippen LogP contribution in [0.4, 0.5) is 10.8 Å². The molecule has 0 aliphatic heterocycles. The summed E-state index contributed by atoms with van der Waals surface area (Å²) in [7, 11) is 0. The normalized spacial score (nSPS) is 10.3. The zero-order valence-electron chi connectivity index (χ0n) is 12.2. The predicted octanol–water partition coefficient (Wildman–Crippen LogP) is 3.12. The van der Waals surface area contributed by atoms with Crippen LogP contribution in [0.15, 0.2) is 18.2 Å². The highest BCUT2D eigenvalue weighted by atomic mass is 32.1. The molecule has 0 saturated carbocycles. The summed E-state index contributed by atoms with van der Waals surface area (Å²) >= 11 is 1.10. The van der Waals surface area contributed by atoms with E-state index in [1.165, 1.54) is 25.1 Å². The first-order valence-electron chi connectivity index (χ1n) is 6.34. The van der Waals surface area contributed by atoms with E-state index in [2.05, 4.69) is 10.3 Å². The molecule has 1 aromatic heterocycles. The quantitative estimate of drug-likeness (QED) is 0.530. The fourth-order valence-corrected chi connectivity index (χ4v) is 2.80. The van der Waals surface area contributed by atoms with Gasteiger partial charge < -0.3 is 0 Å². The van der Waals surface area contributed by atoms with E-state index in [4.69, 9.17) is 0 Å². The molecule has 0 radical (unpaired) electrons. The molecule has 0 aliphatic carbocycles. The second kappa shape index (κ2) is 6.02. The molecule has 8 heteroatoms. The second-order valence-corrected chi connectivity index (χ2v) is 5.70. The minimum Gasteiger partial charge on any atom is -0.298 e. The number of anilines is 1. The van der Waals surface area contributed by atoms with Gasteiger partial charge in [-0.05, 0) is 26.0 Å². The number of carbonyl (C=O) groups is 2. The summed E-state index contributed by atoms with van der Waals surface area (Å²) in [6.45, 7) is 4.70. The third-order valence-corrected chi connectivity index (χ3v) is 4.17. The van der Waals surface area contributed by atoms with Gasteiger partial charge in [-0.1, -0.05) is 11.3 Å². The van der Waals surface area contributed by atoms with Crippen LogP contribution in [0, 0.1) is 24.0 Å². The lowest BCUT2D eigenvalue weighted by Crippen LogP contribution is -2.12. The minimum absolute atomic E-state index is 0.0412. The number of hydrogen-bond donors (Lipinski definition) is 1. The number of ketones is 1. The number of hydrogen-bond acceptors (Lipinski definition) is 6. The number of amides is 1. The number of nitro benzene ring substituents is 1. The monoisotopic (exact) mass is 319 g/mol. The van der Waals surface area contributed by atoms with Gasteiger partial charge >= 0.3 is 0 Å². The number of nitrogens with one attached hydrogen (secondary N) is 1. The smallest absolute Gasteiger partial charge is 0.272 e. The highest BCUT2D eigenvalue weighted by Gasteiger charge is 2.16. The van der Waals surface area contributed by atoms with Gasteiger partial charge in [0.2, 0.25) is 0 Å². The van der Waals surface area contributed by atoms with Crippen LogP contribution in [0.2, 0.25) is 0 Å². The number of rotatable bonds is 4. The molecule has 22 heavy (non-hydrogen) atoms. The van der Waals surface area contributed by atoms with Crippen LogP contribution in [0.3, 0.4) is 0 Å². The lowest BCUT2D eigenvalue weighted by molar-refractivity contribution is -0.385. The Bertz CT molecular complexity index is 782. The fraction of sp³-hybridized carbons (Fsp3) is 0.214. The standard InChI is InChI=1S/C14H13N3O4S/c1-7-6-10(4-5-11(7)17(20)21)13(19)16-14-15-8(2)12(22-14)9(3)18/h4-6H,1-3H3,(H,15,16,19). The average Bonchev–Trinajstić information content (AvgIpc) is 2.79. The molecule has 1 N–H and O–H groups in total. The SMILES string of the molecule is CC(=O)c1sc(NC(=O)c2ccc([N+](=O)[O-])c(C)c2)nc1C. The highest BCUT2D eigenvalue weighted by molar-refractivity contribution is 7.17. The molecule has 0 atom stereocenters. The molecular formula is C14H13N3O4S. The molecule has 1 aromatic carbocycles. The summed E-state index contributed by atoms with van der Waals surface area (Å²) in [6, 6.07) is 4.12. The van der Waals surface area contributed by atoms with E-state index in [1.807, 2.05) is 0 Å². The zero-order chi connectivity index (χ0) is 16.4. The van der Waals surface area contributed by atoms with E-state index in [9.17, 15) is 19.7 Å². The fourth-order valence-electron chi connectivity index (χ4n) is 1.95. The second-order valence-electron chi connectivity index (χ2n) is 4.70. The summed E-state index contributed by atoms with van der Waals surface area (Å²) < 4.78 is 0. The van der Waals surface area contributed by atoms with Crippen LogP contribution in [-0.2, 0) is 0 Å². The van der Waals surface area contributed by atoms with Crippen molar-refractivity contribution in [2.75, 3.05) is 5.32 Å². The van der Waals surface area contributed by atoms with Crippen molar-refractivity contribution >= 4 is 33.8 Å². The Hall–Kier alpha value is -2.61. The van der Waals surface area contributed by atoms with Crippen LogP contribution in [-0.4, -0.2) is 21.6 Å². The van der Waals surface area contributed by atoms with Gasteiger partial charge in [-0.25, -0.2) is 4.98 Å². The minimum atomic E-state index is -0.500. The molecule has 2 rings (SSSR count). The molecule has 0 saturated heterocycles. The Labute approximate surface area is 130 Å². The van der Waals surface area contributed by atoms with Gasteiger partial charge in [0.15, 0.2) is 10.9 Å². The van der Waals surface area contributed by atoms with Crippen molar-refractivity contribution in [3.63, 3.8) is 0 Å². The van der Waals surface area contributed by atoms with Crippen LogP contribution >= 0.6 is 11.3 Å². The first-order chi connectivity index (χ1) is 10.3. The number of benzene rings is 1. The van der Waals surface area contributed by atoms with Gasteiger partial charge in [0, 0.05) is 24.1 Å². The summed E-state index contributed by atoms with van der Waals surface area (Å²) in [5, 5.41) is 13.7. The Morgan fingerprint density at radius 1 is 1.32 bits per heavy atom. The molecule has 7 nitrogen and oxygen atoms in total. The zero-order valence-corrected chi connectivity index (χ0v) is 13.0. The van der Waals surface area contributed by atoms with E-state index in [0.29, 0.717) is 26.8 Å². The van der Waals surface area contributed by atoms with Gasteiger partial charge in [0.05, 0.1) is 15.5 Å². The third-order valence-electron chi connectivity index (χ3n) is 2.99. The first-order valence-corrected chi connectivity index (χ1v) is 7.16. The highest BCUT2D eigenvalue weighted by Crippen LogP contribution is 2.24. The van der Waals surface area contributed by atoms with Crippen molar-refractivity contribution in [1.29, 1.82) is 0 Å². The van der Waals surface area contributed by atoms with Crippen molar-refractivity contribution in [1.82, 2.24) is 4.98 Å². The Balaban J connectivity index is 2.22. The number of carbonyl (C=O) groups excluding carboxylic acids is 2. The Morgan fingerprint density at radius 3 is 2.50 bits per heavy atom. The number of aryl methyl sites for hydroxylation is 2.